The molecule has 0 aliphatic carbocycles. The van der Waals surface area contributed by atoms with Crippen LogP contribution in [0.4, 0.5) is 8.78 Å². The van der Waals surface area contributed by atoms with Crippen molar-refractivity contribution >= 4 is 5.91 Å². The van der Waals surface area contributed by atoms with Gasteiger partial charge in [0, 0.05) is 48.1 Å². The van der Waals surface area contributed by atoms with Crippen LogP contribution in [0.5, 0.6) is 0 Å². The number of aliphatic hydroxyl groups is 1. The van der Waals surface area contributed by atoms with Gasteiger partial charge >= 0.3 is 0 Å². The number of hydrogen-bond acceptors (Lipinski definition) is 5. The lowest BCUT2D eigenvalue weighted by atomic mass is 9.88. The van der Waals surface area contributed by atoms with Gasteiger partial charge in [-0.05, 0) is 31.0 Å². The number of amides is 1. The molecular formula is C20H19F2N5O2. The minimum atomic E-state index is -0.686. The molecule has 1 fully saturated rings. The van der Waals surface area contributed by atoms with Crippen LogP contribution in [0.2, 0.25) is 0 Å². The van der Waals surface area contributed by atoms with Gasteiger partial charge in [-0.3, -0.25) is 9.89 Å². The summed E-state index contributed by atoms with van der Waals surface area (Å²) in [6.07, 6.45) is 4.34. The van der Waals surface area contributed by atoms with Crippen molar-refractivity contribution in [2.75, 3.05) is 19.7 Å². The molecule has 0 unspecified atom stereocenters. The van der Waals surface area contributed by atoms with E-state index < -0.39 is 18.2 Å². The monoisotopic (exact) mass is 399 g/mol. The highest BCUT2D eigenvalue weighted by atomic mass is 19.1. The van der Waals surface area contributed by atoms with Gasteiger partial charge in [0.1, 0.15) is 30.3 Å². The van der Waals surface area contributed by atoms with E-state index in [2.05, 4.69) is 20.2 Å². The molecule has 0 radical (unpaired) electrons. The molecule has 4 rings (SSSR count). The fourth-order valence-corrected chi connectivity index (χ4v) is 3.77. The number of nitrogens with one attached hydrogen (secondary N) is 1. The zero-order chi connectivity index (χ0) is 20.4. The third-order valence-corrected chi connectivity index (χ3v) is 5.16. The van der Waals surface area contributed by atoms with Crippen molar-refractivity contribution in [2.24, 2.45) is 0 Å². The molecule has 9 heteroatoms. The van der Waals surface area contributed by atoms with E-state index >= 15 is 0 Å². The number of rotatable bonds is 4. The van der Waals surface area contributed by atoms with Crippen LogP contribution in [-0.2, 0) is 4.79 Å². The van der Waals surface area contributed by atoms with Crippen LogP contribution in [0.3, 0.4) is 0 Å². The highest BCUT2D eigenvalue weighted by Crippen LogP contribution is 2.39. The Bertz CT molecular complexity index is 997. The second kappa shape index (κ2) is 8.04. The topological polar surface area (TPSA) is 95.0 Å². The number of carbonyl (C=O) groups is 1. The SMILES string of the molecule is O=C(CO)N1CCC(c2[nH]nc(-c3cc(F)cc(F)c3)c2-c2ccncn2)CC1. The Hall–Kier alpha value is -3.20. The summed E-state index contributed by atoms with van der Waals surface area (Å²) >= 11 is 0. The number of aromatic nitrogens is 4. The molecule has 1 aromatic carbocycles. The van der Waals surface area contributed by atoms with E-state index in [0.717, 1.165) is 11.8 Å². The van der Waals surface area contributed by atoms with Crippen molar-refractivity contribution in [3.63, 3.8) is 0 Å². The van der Waals surface area contributed by atoms with Gasteiger partial charge in [0.25, 0.3) is 0 Å². The summed E-state index contributed by atoms with van der Waals surface area (Å²) < 4.78 is 27.6. The first-order valence-electron chi connectivity index (χ1n) is 9.26. The molecule has 3 aromatic rings. The molecule has 1 saturated heterocycles. The van der Waals surface area contributed by atoms with Gasteiger partial charge < -0.3 is 10.0 Å². The minimum absolute atomic E-state index is 0.0577. The molecule has 0 saturated carbocycles. The summed E-state index contributed by atoms with van der Waals surface area (Å²) in [7, 11) is 0. The third-order valence-electron chi connectivity index (χ3n) is 5.16. The summed E-state index contributed by atoms with van der Waals surface area (Å²) in [5, 5.41) is 16.4. The number of piperidine rings is 1. The normalized spacial score (nSPS) is 14.9. The van der Waals surface area contributed by atoms with Gasteiger partial charge in [0.05, 0.1) is 5.69 Å². The number of benzene rings is 1. The predicted molar refractivity (Wildman–Crippen MR) is 101 cm³/mol. The first-order chi connectivity index (χ1) is 14.1. The lowest BCUT2D eigenvalue weighted by Gasteiger charge is -2.31. The zero-order valence-corrected chi connectivity index (χ0v) is 15.5. The standard InChI is InChI=1S/C20H19F2N5O2/c21-14-7-13(8-15(22)9-14)20-18(16-1-4-23-11-24-16)19(25-26-20)12-2-5-27(6-3-12)17(29)10-28/h1,4,7-9,11-12,28H,2-3,5-6,10H2,(H,25,26). The maximum absolute atomic E-state index is 13.8. The lowest BCUT2D eigenvalue weighted by molar-refractivity contribution is -0.135. The van der Waals surface area contributed by atoms with E-state index in [1.54, 1.807) is 17.2 Å². The Balaban J connectivity index is 1.74. The van der Waals surface area contributed by atoms with Gasteiger partial charge in [0.15, 0.2) is 0 Å². The van der Waals surface area contributed by atoms with Crippen LogP contribution in [0, 0.1) is 11.6 Å². The van der Waals surface area contributed by atoms with Crippen molar-refractivity contribution in [3.05, 3.63) is 54.1 Å². The largest absolute Gasteiger partial charge is 0.387 e. The van der Waals surface area contributed by atoms with Gasteiger partial charge in [-0.2, -0.15) is 5.10 Å². The number of aliphatic hydroxyl groups excluding tert-OH is 1. The fraction of sp³-hybridized carbons (Fsp3) is 0.300. The molecule has 0 atom stereocenters. The molecule has 7 nitrogen and oxygen atoms in total. The van der Waals surface area contributed by atoms with Crippen molar-refractivity contribution in [1.82, 2.24) is 25.1 Å². The second-order valence-corrected chi connectivity index (χ2v) is 6.93. The van der Waals surface area contributed by atoms with Crippen LogP contribution in [0.15, 0.2) is 36.8 Å². The number of halogens is 2. The van der Waals surface area contributed by atoms with Gasteiger partial charge in [-0.15, -0.1) is 0 Å². The highest BCUT2D eigenvalue weighted by molar-refractivity contribution is 5.81. The molecule has 29 heavy (non-hydrogen) atoms. The molecule has 2 N–H and O–H groups in total. The summed E-state index contributed by atoms with van der Waals surface area (Å²) in [6.45, 7) is 0.517. The number of aromatic amines is 1. The fourth-order valence-electron chi connectivity index (χ4n) is 3.77. The van der Waals surface area contributed by atoms with Crippen LogP contribution in [0.25, 0.3) is 22.5 Å². The number of nitrogens with zero attached hydrogens (tertiary/aromatic N) is 4. The number of likely N-dealkylation sites (tertiary alicyclic amines) is 1. The maximum atomic E-state index is 13.8. The quantitative estimate of drug-likeness (QED) is 0.703. The van der Waals surface area contributed by atoms with Crippen LogP contribution in [0.1, 0.15) is 24.5 Å². The first-order valence-corrected chi connectivity index (χ1v) is 9.26. The first kappa shape index (κ1) is 19.1. The molecule has 1 amide bonds. The summed E-state index contributed by atoms with van der Waals surface area (Å²) in [5.74, 6) is -1.61. The van der Waals surface area contributed by atoms with Gasteiger partial charge in [-0.25, -0.2) is 18.7 Å². The molecule has 0 bridgehead atoms. The second-order valence-electron chi connectivity index (χ2n) is 6.93. The zero-order valence-electron chi connectivity index (χ0n) is 15.5. The predicted octanol–water partition coefficient (Wildman–Crippen LogP) is 2.51. The van der Waals surface area contributed by atoms with Gasteiger partial charge in [-0.1, -0.05) is 0 Å². The number of hydrogen-bond donors (Lipinski definition) is 2. The van der Waals surface area contributed by atoms with Crippen molar-refractivity contribution in [3.8, 4) is 22.5 Å². The summed E-state index contributed by atoms with van der Waals surface area (Å²) in [4.78, 5) is 21.6. The van der Waals surface area contributed by atoms with Crippen molar-refractivity contribution in [2.45, 2.75) is 18.8 Å². The van der Waals surface area contributed by atoms with Crippen LogP contribution >= 0.6 is 0 Å². The van der Waals surface area contributed by atoms with E-state index in [1.807, 2.05) is 0 Å². The molecule has 3 heterocycles. The maximum Gasteiger partial charge on any atom is 0.248 e. The average molecular weight is 399 g/mol. The smallest absolute Gasteiger partial charge is 0.248 e. The molecular weight excluding hydrogens is 380 g/mol. The molecule has 2 aromatic heterocycles. The number of H-pyrrole nitrogens is 1. The Morgan fingerprint density at radius 2 is 1.93 bits per heavy atom. The Labute approximate surface area is 165 Å². The molecule has 1 aliphatic rings. The Morgan fingerprint density at radius 1 is 1.21 bits per heavy atom. The van der Waals surface area contributed by atoms with E-state index in [0.29, 0.717) is 48.4 Å². The number of carbonyl (C=O) groups excluding carboxylic acids is 1. The Kier molecular flexibility index (Phi) is 5.30. The lowest BCUT2D eigenvalue weighted by Crippen LogP contribution is -2.39. The summed E-state index contributed by atoms with van der Waals surface area (Å²) in [6, 6.07) is 5.00. The molecule has 150 valence electrons. The van der Waals surface area contributed by atoms with Crippen molar-refractivity contribution < 1.29 is 18.7 Å². The average Bonchev–Trinajstić information content (AvgIpc) is 3.18. The van der Waals surface area contributed by atoms with E-state index in [-0.39, 0.29) is 11.8 Å². The Morgan fingerprint density at radius 3 is 2.55 bits per heavy atom. The van der Waals surface area contributed by atoms with Gasteiger partial charge in [0.2, 0.25) is 5.91 Å². The highest BCUT2D eigenvalue weighted by Gasteiger charge is 2.29. The molecule has 0 spiro atoms. The minimum Gasteiger partial charge on any atom is -0.387 e. The van der Waals surface area contributed by atoms with E-state index in [4.69, 9.17) is 5.11 Å². The third kappa shape index (κ3) is 3.86. The van der Waals surface area contributed by atoms with Crippen LogP contribution < -0.4 is 0 Å². The van der Waals surface area contributed by atoms with E-state index in [1.165, 1.54) is 18.5 Å². The molecule has 1 aliphatic heterocycles. The summed E-state index contributed by atoms with van der Waals surface area (Å²) in [5.41, 5.74) is 2.79. The van der Waals surface area contributed by atoms with E-state index in [9.17, 15) is 13.6 Å². The van der Waals surface area contributed by atoms with Crippen molar-refractivity contribution in [1.29, 1.82) is 0 Å². The van der Waals surface area contributed by atoms with Crippen LogP contribution in [-0.4, -0.2) is 55.8 Å².